The summed E-state index contributed by atoms with van der Waals surface area (Å²) in [6.45, 7) is 0. The summed E-state index contributed by atoms with van der Waals surface area (Å²) < 4.78 is 13.5. The normalized spacial score (nSPS) is 10.1. The minimum absolute atomic E-state index is 0.322. The zero-order valence-electron chi connectivity index (χ0n) is 8.24. The molecule has 0 aliphatic heterocycles. The van der Waals surface area contributed by atoms with Crippen molar-refractivity contribution < 1.29 is 4.39 Å². The van der Waals surface area contributed by atoms with Gasteiger partial charge in [0.05, 0.1) is 23.3 Å². The molecule has 0 unspecified atom stereocenters. The van der Waals surface area contributed by atoms with Crippen LogP contribution in [-0.4, -0.2) is 4.98 Å². The van der Waals surface area contributed by atoms with Gasteiger partial charge in [-0.2, -0.15) is 0 Å². The first-order valence-corrected chi connectivity index (χ1v) is 4.96. The Hall–Kier alpha value is -1.81. The Labute approximate surface area is 97.1 Å². The smallest absolute Gasteiger partial charge is 0.148 e. The molecule has 82 valence electrons. The van der Waals surface area contributed by atoms with Crippen LogP contribution in [0.5, 0.6) is 0 Å². The second-order valence-electron chi connectivity index (χ2n) is 3.21. The molecule has 0 aliphatic carbocycles. The van der Waals surface area contributed by atoms with Gasteiger partial charge < -0.3 is 11.1 Å². The van der Waals surface area contributed by atoms with Crippen molar-refractivity contribution in [3.05, 3.63) is 47.5 Å². The Bertz CT molecular complexity index is 516. The maximum Gasteiger partial charge on any atom is 0.148 e. The minimum Gasteiger partial charge on any atom is -0.396 e. The Morgan fingerprint density at radius 2 is 2.06 bits per heavy atom. The number of nitrogens with two attached hydrogens (primary N) is 1. The second kappa shape index (κ2) is 4.37. The number of pyridine rings is 1. The summed E-state index contributed by atoms with van der Waals surface area (Å²) in [5, 5.41) is 3.22. The van der Waals surface area contributed by atoms with E-state index in [-0.39, 0.29) is 0 Å². The Kier molecular flexibility index (Phi) is 2.92. The molecule has 0 amide bonds. The summed E-state index contributed by atoms with van der Waals surface area (Å²) in [6.07, 6.45) is 3.07. The Balaban J connectivity index is 2.31. The lowest BCUT2D eigenvalue weighted by Gasteiger charge is -2.09. The number of aromatic nitrogens is 1. The van der Waals surface area contributed by atoms with Crippen LogP contribution in [0.3, 0.4) is 0 Å². The van der Waals surface area contributed by atoms with Crippen LogP contribution >= 0.6 is 11.6 Å². The van der Waals surface area contributed by atoms with Crippen molar-refractivity contribution >= 4 is 28.7 Å². The standard InChI is InChI=1S/C11H9ClFN3/c12-7-1-2-10(8(13)5-7)16-11-3-4-15-6-9(11)14/h1-6H,14H2,(H,15,16). The highest BCUT2D eigenvalue weighted by Crippen LogP contribution is 2.25. The third-order valence-electron chi connectivity index (χ3n) is 2.05. The molecule has 1 heterocycles. The molecule has 0 radical (unpaired) electrons. The zero-order valence-corrected chi connectivity index (χ0v) is 9.00. The molecule has 0 saturated heterocycles. The van der Waals surface area contributed by atoms with Crippen molar-refractivity contribution in [1.29, 1.82) is 0 Å². The van der Waals surface area contributed by atoms with Gasteiger partial charge in [-0.3, -0.25) is 4.98 Å². The van der Waals surface area contributed by atoms with Crippen LogP contribution in [-0.2, 0) is 0 Å². The van der Waals surface area contributed by atoms with Crippen LogP contribution in [0.2, 0.25) is 5.02 Å². The van der Waals surface area contributed by atoms with Crippen molar-refractivity contribution in [2.45, 2.75) is 0 Å². The second-order valence-corrected chi connectivity index (χ2v) is 3.65. The van der Waals surface area contributed by atoms with Gasteiger partial charge in [-0.05, 0) is 24.3 Å². The molecule has 1 aromatic carbocycles. The average molecular weight is 238 g/mol. The first-order valence-electron chi connectivity index (χ1n) is 4.58. The first kappa shape index (κ1) is 10.7. The maximum absolute atomic E-state index is 13.5. The quantitative estimate of drug-likeness (QED) is 0.843. The fourth-order valence-electron chi connectivity index (χ4n) is 1.26. The van der Waals surface area contributed by atoms with E-state index in [9.17, 15) is 4.39 Å². The van der Waals surface area contributed by atoms with Crippen LogP contribution in [0.4, 0.5) is 21.5 Å². The van der Waals surface area contributed by atoms with Crippen molar-refractivity contribution in [1.82, 2.24) is 4.98 Å². The van der Waals surface area contributed by atoms with Crippen LogP contribution in [0.15, 0.2) is 36.7 Å². The molecule has 0 saturated carbocycles. The summed E-state index contributed by atoms with van der Waals surface area (Å²) in [6, 6.07) is 6.06. The van der Waals surface area contributed by atoms with E-state index in [2.05, 4.69) is 10.3 Å². The van der Waals surface area contributed by atoms with Gasteiger partial charge in [0.2, 0.25) is 0 Å². The minimum atomic E-state index is -0.427. The van der Waals surface area contributed by atoms with Crippen molar-refractivity contribution in [3.63, 3.8) is 0 Å². The molecule has 1 aromatic heterocycles. The SMILES string of the molecule is Nc1cnccc1Nc1ccc(Cl)cc1F. The first-order chi connectivity index (χ1) is 7.66. The average Bonchev–Trinajstić information content (AvgIpc) is 2.25. The predicted molar refractivity (Wildman–Crippen MR) is 63.3 cm³/mol. The molecule has 0 atom stereocenters. The lowest BCUT2D eigenvalue weighted by Crippen LogP contribution is -1.98. The van der Waals surface area contributed by atoms with Gasteiger partial charge >= 0.3 is 0 Å². The van der Waals surface area contributed by atoms with E-state index in [0.29, 0.717) is 22.1 Å². The lowest BCUT2D eigenvalue weighted by molar-refractivity contribution is 0.632. The van der Waals surface area contributed by atoms with Crippen LogP contribution in [0, 0.1) is 5.82 Å². The number of anilines is 3. The summed E-state index contributed by atoms with van der Waals surface area (Å²) in [7, 11) is 0. The van der Waals surface area contributed by atoms with E-state index < -0.39 is 5.82 Å². The number of nitrogens with zero attached hydrogens (tertiary/aromatic N) is 1. The number of halogens is 2. The van der Waals surface area contributed by atoms with E-state index in [0.717, 1.165) is 0 Å². The fraction of sp³-hybridized carbons (Fsp3) is 0. The van der Waals surface area contributed by atoms with Gasteiger partial charge in [0.15, 0.2) is 0 Å². The number of rotatable bonds is 2. The van der Waals surface area contributed by atoms with Gasteiger partial charge in [0, 0.05) is 11.2 Å². The number of hydrogen-bond acceptors (Lipinski definition) is 3. The van der Waals surface area contributed by atoms with Crippen molar-refractivity contribution in [2.24, 2.45) is 0 Å². The highest BCUT2D eigenvalue weighted by molar-refractivity contribution is 6.30. The lowest BCUT2D eigenvalue weighted by atomic mass is 10.2. The summed E-state index contributed by atoms with van der Waals surface area (Å²) in [4.78, 5) is 3.84. The molecule has 3 nitrogen and oxygen atoms in total. The fourth-order valence-corrected chi connectivity index (χ4v) is 1.42. The van der Waals surface area contributed by atoms with Crippen LogP contribution < -0.4 is 11.1 Å². The maximum atomic E-state index is 13.5. The molecular formula is C11H9ClFN3. The summed E-state index contributed by atoms with van der Waals surface area (Å²) in [5.41, 5.74) is 7.06. The molecule has 16 heavy (non-hydrogen) atoms. The molecule has 0 bridgehead atoms. The predicted octanol–water partition coefficient (Wildman–Crippen LogP) is 3.20. The molecule has 3 N–H and O–H groups in total. The molecule has 2 aromatic rings. The van der Waals surface area contributed by atoms with Gasteiger partial charge in [-0.25, -0.2) is 4.39 Å². The van der Waals surface area contributed by atoms with E-state index >= 15 is 0 Å². The highest BCUT2D eigenvalue weighted by Gasteiger charge is 2.04. The van der Waals surface area contributed by atoms with Crippen LogP contribution in [0.1, 0.15) is 0 Å². The van der Waals surface area contributed by atoms with Gasteiger partial charge in [-0.15, -0.1) is 0 Å². The summed E-state index contributed by atoms with van der Waals surface area (Å²) in [5.74, 6) is -0.427. The molecule has 0 aliphatic rings. The molecular weight excluding hydrogens is 229 g/mol. The highest BCUT2D eigenvalue weighted by atomic mass is 35.5. The topological polar surface area (TPSA) is 50.9 Å². The monoisotopic (exact) mass is 237 g/mol. The number of hydrogen-bond donors (Lipinski definition) is 2. The van der Waals surface area contributed by atoms with Crippen LogP contribution in [0.25, 0.3) is 0 Å². The van der Waals surface area contributed by atoms with E-state index in [1.807, 2.05) is 0 Å². The van der Waals surface area contributed by atoms with Gasteiger partial charge in [-0.1, -0.05) is 11.6 Å². The largest absolute Gasteiger partial charge is 0.396 e. The van der Waals surface area contributed by atoms with Gasteiger partial charge in [0.1, 0.15) is 5.82 Å². The zero-order chi connectivity index (χ0) is 11.5. The van der Waals surface area contributed by atoms with E-state index in [1.54, 1.807) is 24.4 Å². The van der Waals surface area contributed by atoms with E-state index in [1.165, 1.54) is 12.3 Å². The Morgan fingerprint density at radius 1 is 1.25 bits per heavy atom. The molecule has 2 rings (SSSR count). The molecule has 0 fully saturated rings. The third kappa shape index (κ3) is 2.23. The molecule has 5 heteroatoms. The number of nitrogen functional groups attached to an aromatic ring is 1. The van der Waals surface area contributed by atoms with E-state index in [4.69, 9.17) is 17.3 Å². The van der Waals surface area contributed by atoms with Crippen molar-refractivity contribution in [3.8, 4) is 0 Å². The number of nitrogens with one attached hydrogen (secondary N) is 1. The summed E-state index contributed by atoms with van der Waals surface area (Å²) >= 11 is 5.65. The number of benzene rings is 1. The van der Waals surface area contributed by atoms with Crippen molar-refractivity contribution in [2.75, 3.05) is 11.1 Å². The molecule has 0 spiro atoms. The van der Waals surface area contributed by atoms with Gasteiger partial charge in [0.25, 0.3) is 0 Å². The Morgan fingerprint density at radius 3 is 2.75 bits per heavy atom. The third-order valence-corrected chi connectivity index (χ3v) is 2.29.